The summed E-state index contributed by atoms with van der Waals surface area (Å²) in [4.78, 5) is 22.3. The molecular weight excluding hydrogens is 314 g/mol. The molecule has 2 atom stereocenters. The predicted octanol–water partition coefficient (Wildman–Crippen LogP) is 2.46. The van der Waals surface area contributed by atoms with Crippen molar-refractivity contribution in [3.8, 4) is 0 Å². The highest BCUT2D eigenvalue weighted by Crippen LogP contribution is 2.21. The second kappa shape index (κ2) is 6.95. The Labute approximate surface area is 140 Å². The Kier molecular flexibility index (Phi) is 5.39. The smallest absolute Gasteiger partial charge is 0.410 e. The van der Waals surface area contributed by atoms with E-state index in [4.69, 9.17) is 4.74 Å². The Balaban J connectivity index is 1.92. The van der Waals surface area contributed by atoms with Crippen LogP contribution in [0.4, 0.5) is 4.79 Å². The monoisotopic (exact) mass is 339 g/mol. The van der Waals surface area contributed by atoms with Crippen LogP contribution >= 0.6 is 0 Å². The Morgan fingerprint density at radius 2 is 1.96 bits per heavy atom. The van der Waals surface area contributed by atoms with Crippen LogP contribution in [0, 0.1) is 19.8 Å². The van der Waals surface area contributed by atoms with Gasteiger partial charge in [0.15, 0.2) is 0 Å². The van der Waals surface area contributed by atoms with E-state index in [0.717, 1.165) is 17.8 Å². The van der Waals surface area contributed by atoms with Gasteiger partial charge in [0, 0.05) is 30.2 Å². The van der Waals surface area contributed by atoms with Gasteiger partial charge in [0.05, 0.1) is 10.8 Å². The van der Waals surface area contributed by atoms with E-state index in [-0.39, 0.29) is 12.0 Å². The lowest BCUT2D eigenvalue weighted by molar-refractivity contribution is 0.0289. The van der Waals surface area contributed by atoms with Crippen LogP contribution in [-0.4, -0.2) is 49.6 Å². The number of amides is 1. The predicted molar refractivity (Wildman–Crippen MR) is 88.7 cm³/mol. The van der Waals surface area contributed by atoms with Gasteiger partial charge in [-0.25, -0.2) is 14.8 Å². The first-order valence-electron chi connectivity index (χ1n) is 7.82. The van der Waals surface area contributed by atoms with Gasteiger partial charge in [-0.3, -0.25) is 4.21 Å². The molecular formula is C16H25N3O3S. The van der Waals surface area contributed by atoms with Crippen molar-refractivity contribution in [3.63, 3.8) is 0 Å². The van der Waals surface area contributed by atoms with E-state index in [1.165, 1.54) is 0 Å². The lowest BCUT2D eigenvalue weighted by Gasteiger charge is -2.24. The summed E-state index contributed by atoms with van der Waals surface area (Å²) in [5.74, 6) is 0.662. The largest absolute Gasteiger partial charge is 0.444 e. The number of ether oxygens (including phenoxy) is 1. The fraction of sp³-hybridized carbons (Fsp3) is 0.688. The van der Waals surface area contributed by atoms with Gasteiger partial charge in [0.25, 0.3) is 0 Å². The molecule has 1 aromatic heterocycles. The number of nitrogens with zero attached hydrogens (tertiary/aromatic N) is 3. The van der Waals surface area contributed by atoms with E-state index in [2.05, 4.69) is 9.97 Å². The molecule has 0 spiro atoms. The van der Waals surface area contributed by atoms with Gasteiger partial charge in [-0.1, -0.05) is 0 Å². The van der Waals surface area contributed by atoms with Crippen LogP contribution in [0.3, 0.4) is 0 Å². The maximum absolute atomic E-state index is 12.5. The van der Waals surface area contributed by atoms with Gasteiger partial charge >= 0.3 is 6.09 Å². The molecule has 0 unspecified atom stereocenters. The van der Waals surface area contributed by atoms with E-state index in [0.29, 0.717) is 24.0 Å². The van der Waals surface area contributed by atoms with Crippen molar-refractivity contribution in [2.24, 2.45) is 5.92 Å². The number of rotatable bonds is 3. The Hall–Kier alpha value is -1.50. The fourth-order valence-electron chi connectivity index (χ4n) is 2.55. The first-order chi connectivity index (χ1) is 10.6. The van der Waals surface area contributed by atoms with Crippen LogP contribution in [0.1, 0.15) is 38.6 Å². The van der Waals surface area contributed by atoms with E-state index in [1.807, 2.05) is 40.7 Å². The van der Waals surface area contributed by atoms with Crippen LogP contribution in [-0.2, 0) is 15.5 Å². The molecule has 2 rings (SSSR count). The molecule has 1 aromatic rings. The van der Waals surface area contributed by atoms with Gasteiger partial charge in [0.1, 0.15) is 5.60 Å². The first kappa shape index (κ1) is 17.8. The molecule has 0 N–H and O–H groups in total. The average molecular weight is 339 g/mol. The van der Waals surface area contributed by atoms with Gasteiger partial charge in [0.2, 0.25) is 5.16 Å². The molecule has 0 radical (unpaired) electrons. The summed E-state index contributed by atoms with van der Waals surface area (Å²) in [7, 11) is -1.24. The molecule has 1 aliphatic rings. The van der Waals surface area contributed by atoms with Crippen molar-refractivity contribution in [1.82, 2.24) is 14.9 Å². The minimum Gasteiger partial charge on any atom is -0.444 e. The number of hydrogen-bond acceptors (Lipinski definition) is 5. The summed E-state index contributed by atoms with van der Waals surface area (Å²) >= 11 is 0. The number of aryl methyl sites for hydroxylation is 2. The molecule has 2 heterocycles. The lowest BCUT2D eigenvalue weighted by atomic mass is 10.2. The highest BCUT2D eigenvalue weighted by molar-refractivity contribution is 7.84. The second-order valence-corrected chi connectivity index (χ2v) is 8.42. The molecule has 1 amide bonds. The molecule has 0 bridgehead atoms. The molecule has 7 heteroatoms. The van der Waals surface area contributed by atoms with Crippen LogP contribution < -0.4 is 0 Å². The summed E-state index contributed by atoms with van der Waals surface area (Å²) in [5, 5.41) is 0.387. The highest BCUT2D eigenvalue weighted by Gasteiger charge is 2.31. The van der Waals surface area contributed by atoms with Gasteiger partial charge in [-0.15, -0.1) is 0 Å². The summed E-state index contributed by atoms with van der Waals surface area (Å²) in [6.07, 6.45) is 0.531. The number of carbonyl (C=O) groups is 1. The normalized spacial score (nSPS) is 19.7. The number of carbonyl (C=O) groups excluding carboxylic acids is 1. The lowest BCUT2D eigenvalue weighted by Crippen LogP contribution is -2.35. The zero-order valence-corrected chi connectivity index (χ0v) is 15.3. The fourth-order valence-corrected chi connectivity index (χ4v) is 3.89. The van der Waals surface area contributed by atoms with Crippen molar-refractivity contribution in [2.45, 2.75) is 51.8 Å². The van der Waals surface area contributed by atoms with E-state index in [1.54, 1.807) is 4.90 Å². The number of aromatic nitrogens is 2. The Morgan fingerprint density at radius 3 is 2.52 bits per heavy atom. The summed E-state index contributed by atoms with van der Waals surface area (Å²) in [6.45, 7) is 10.5. The van der Waals surface area contributed by atoms with Crippen LogP contribution in [0.2, 0.25) is 0 Å². The molecule has 0 aromatic carbocycles. The molecule has 128 valence electrons. The van der Waals surface area contributed by atoms with E-state index >= 15 is 0 Å². The van der Waals surface area contributed by atoms with Gasteiger partial charge in [-0.2, -0.15) is 0 Å². The Bertz CT molecular complexity index is 593. The zero-order valence-electron chi connectivity index (χ0n) is 14.5. The molecule has 6 nitrogen and oxygen atoms in total. The average Bonchev–Trinajstić information content (AvgIpc) is 2.84. The first-order valence-corrected chi connectivity index (χ1v) is 9.14. The topological polar surface area (TPSA) is 72.4 Å². The third-order valence-electron chi connectivity index (χ3n) is 3.49. The maximum Gasteiger partial charge on any atom is 0.410 e. The molecule has 23 heavy (non-hydrogen) atoms. The van der Waals surface area contributed by atoms with Crippen molar-refractivity contribution in [2.75, 3.05) is 18.8 Å². The van der Waals surface area contributed by atoms with Crippen molar-refractivity contribution in [1.29, 1.82) is 0 Å². The molecule has 1 aliphatic heterocycles. The summed E-state index contributed by atoms with van der Waals surface area (Å²) in [6, 6.07) is 1.86. The Morgan fingerprint density at radius 1 is 1.35 bits per heavy atom. The minimum absolute atomic E-state index is 0.188. The molecule has 0 saturated carbocycles. The van der Waals surface area contributed by atoms with E-state index < -0.39 is 16.4 Å². The van der Waals surface area contributed by atoms with Crippen LogP contribution in [0.15, 0.2) is 11.2 Å². The van der Waals surface area contributed by atoms with Crippen LogP contribution in [0.25, 0.3) is 0 Å². The standard InChI is InChI=1S/C16H25N3O3S/c1-11-8-12(2)18-14(17-11)23(21)10-13-6-7-19(9-13)15(20)22-16(3,4)5/h8,13H,6-7,9-10H2,1-5H3/t13-,23+/m1/s1. The second-order valence-electron chi connectivity index (χ2n) is 7.03. The maximum atomic E-state index is 12.5. The molecule has 1 saturated heterocycles. The van der Waals surface area contributed by atoms with E-state index in [9.17, 15) is 9.00 Å². The summed E-state index contributed by atoms with van der Waals surface area (Å²) < 4.78 is 17.8. The highest BCUT2D eigenvalue weighted by atomic mass is 32.2. The van der Waals surface area contributed by atoms with Crippen molar-refractivity contribution >= 4 is 16.9 Å². The molecule has 0 aliphatic carbocycles. The molecule has 1 fully saturated rings. The summed E-state index contributed by atoms with van der Waals surface area (Å²) in [5.41, 5.74) is 1.15. The zero-order chi connectivity index (χ0) is 17.2. The number of hydrogen-bond donors (Lipinski definition) is 0. The van der Waals surface area contributed by atoms with Crippen LogP contribution in [0.5, 0.6) is 0 Å². The van der Waals surface area contributed by atoms with Crippen molar-refractivity contribution in [3.05, 3.63) is 17.5 Å². The van der Waals surface area contributed by atoms with Gasteiger partial charge < -0.3 is 9.64 Å². The third-order valence-corrected chi connectivity index (χ3v) is 4.85. The number of likely N-dealkylation sites (tertiary alicyclic amines) is 1. The van der Waals surface area contributed by atoms with Gasteiger partial charge in [-0.05, 0) is 53.0 Å². The quantitative estimate of drug-likeness (QED) is 0.791. The van der Waals surface area contributed by atoms with Crippen molar-refractivity contribution < 1.29 is 13.7 Å². The SMILES string of the molecule is Cc1cc(C)nc([S@@](=O)C[C@@H]2CCN(C(=O)OC(C)(C)C)C2)n1. The third kappa shape index (κ3) is 5.27. The minimum atomic E-state index is -1.24.